The molecular weight excluding hydrogens is 200 g/mol. The third-order valence-electron chi connectivity index (χ3n) is 2.96. The lowest BCUT2D eigenvalue weighted by Gasteiger charge is -2.25. The second-order valence-corrected chi connectivity index (χ2v) is 4.73. The summed E-state index contributed by atoms with van der Waals surface area (Å²) in [5.41, 5.74) is 7.91. The lowest BCUT2D eigenvalue weighted by molar-refractivity contribution is 0.547. The average molecular weight is 218 g/mol. The van der Waals surface area contributed by atoms with Crippen LogP contribution in [0, 0.1) is 0 Å². The summed E-state index contributed by atoms with van der Waals surface area (Å²) in [6.45, 7) is 6.52. The minimum absolute atomic E-state index is 0.0895. The van der Waals surface area contributed by atoms with Crippen molar-refractivity contribution in [3.63, 3.8) is 0 Å². The molecule has 1 heterocycles. The molecule has 0 unspecified atom stereocenters. The molecule has 16 heavy (non-hydrogen) atoms. The van der Waals surface area contributed by atoms with Crippen LogP contribution >= 0.6 is 0 Å². The fraction of sp³-hybridized carbons (Fsp3) is 0.417. The van der Waals surface area contributed by atoms with Crippen LogP contribution in [0.2, 0.25) is 0 Å². The molecule has 86 valence electrons. The molecule has 0 atom stereocenters. The largest absolute Gasteiger partial charge is 0.382 e. The highest BCUT2D eigenvalue weighted by atomic mass is 15.1. The number of hydrogen-bond donors (Lipinski definition) is 3. The van der Waals surface area contributed by atoms with E-state index in [1.54, 1.807) is 0 Å². The van der Waals surface area contributed by atoms with Gasteiger partial charge < -0.3 is 11.1 Å². The molecule has 0 aliphatic heterocycles. The Kier molecular flexibility index (Phi) is 2.50. The van der Waals surface area contributed by atoms with E-state index < -0.39 is 0 Å². The van der Waals surface area contributed by atoms with Crippen LogP contribution in [-0.2, 0) is 0 Å². The van der Waals surface area contributed by atoms with Gasteiger partial charge in [-0.3, -0.25) is 5.10 Å². The van der Waals surface area contributed by atoms with Crippen LogP contribution in [0.1, 0.15) is 27.2 Å². The number of fused-ring (bicyclic) bond motifs is 1. The number of nitrogens with zero attached hydrogens (tertiary/aromatic N) is 1. The highest BCUT2D eigenvalue weighted by molar-refractivity contribution is 5.91. The van der Waals surface area contributed by atoms with Gasteiger partial charge in [0.05, 0.1) is 5.52 Å². The van der Waals surface area contributed by atoms with Gasteiger partial charge in [-0.1, -0.05) is 6.92 Å². The number of rotatable bonds is 3. The van der Waals surface area contributed by atoms with Gasteiger partial charge in [0.2, 0.25) is 0 Å². The van der Waals surface area contributed by atoms with Crippen molar-refractivity contribution in [3.8, 4) is 0 Å². The van der Waals surface area contributed by atoms with Crippen LogP contribution in [0.5, 0.6) is 0 Å². The molecule has 4 nitrogen and oxygen atoms in total. The van der Waals surface area contributed by atoms with E-state index in [9.17, 15) is 0 Å². The average Bonchev–Trinajstić information content (AvgIpc) is 2.60. The number of nitrogens with one attached hydrogen (secondary N) is 2. The zero-order valence-corrected chi connectivity index (χ0v) is 9.96. The van der Waals surface area contributed by atoms with Gasteiger partial charge in [0.25, 0.3) is 0 Å². The third kappa shape index (κ3) is 1.96. The first kappa shape index (κ1) is 10.8. The van der Waals surface area contributed by atoms with Crippen molar-refractivity contribution in [2.24, 2.45) is 0 Å². The van der Waals surface area contributed by atoms with Gasteiger partial charge in [0.15, 0.2) is 5.82 Å². The van der Waals surface area contributed by atoms with Crippen LogP contribution in [0.15, 0.2) is 18.2 Å². The maximum absolute atomic E-state index is 5.77. The van der Waals surface area contributed by atoms with Gasteiger partial charge in [0, 0.05) is 16.6 Å². The second-order valence-electron chi connectivity index (χ2n) is 4.73. The number of aromatic nitrogens is 2. The Morgan fingerprint density at radius 3 is 2.88 bits per heavy atom. The van der Waals surface area contributed by atoms with Crippen molar-refractivity contribution in [3.05, 3.63) is 18.2 Å². The van der Waals surface area contributed by atoms with E-state index in [2.05, 4.69) is 36.3 Å². The zero-order valence-electron chi connectivity index (χ0n) is 9.96. The van der Waals surface area contributed by atoms with Crippen molar-refractivity contribution in [1.82, 2.24) is 10.2 Å². The van der Waals surface area contributed by atoms with Crippen molar-refractivity contribution in [1.29, 1.82) is 0 Å². The minimum Gasteiger partial charge on any atom is -0.382 e. The molecule has 0 bridgehead atoms. The fourth-order valence-electron chi connectivity index (χ4n) is 1.59. The lowest BCUT2D eigenvalue weighted by Crippen LogP contribution is -2.29. The monoisotopic (exact) mass is 218 g/mol. The van der Waals surface area contributed by atoms with Gasteiger partial charge in [-0.05, 0) is 38.5 Å². The van der Waals surface area contributed by atoms with Crippen molar-refractivity contribution >= 4 is 22.4 Å². The van der Waals surface area contributed by atoms with Crippen molar-refractivity contribution in [2.75, 3.05) is 11.1 Å². The molecule has 0 amide bonds. The van der Waals surface area contributed by atoms with Crippen molar-refractivity contribution < 1.29 is 0 Å². The van der Waals surface area contributed by atoms with E-state index in [4.69, 9.17) is 5.73 Å². The summed E-state index contributed by atoms with van der Waals surface area (Å²) in [5, 5.41) is 11.3. The van der Waals surface area contributed by atoms with Crippen LogP contribution in [0.3, 0.4) is 0 Å². The predicted octanol–water partition coefficient (Wildman–Crippen LogP) is 2.75. The quantitative estimate of drug-likeness (QED) is 0.742. The smallest absolute Gasteiger partial charge is 0.153 e. The van der Waals surface area contributed by atoms with E-state index in [1.807, 2.05) is 18.2 Å². The highest BCUT2D eigenvalue weighted by Crippen LogP contribution is 2.24. The minimum atomic E-state index is 0.0895. The van der Waals surface area contributed by atoms with Crippen LogP contribution in [0.25, 0.3) is 10.9 Å². The Hall–Kier alpha value is -1.71. The normalized spacial score (nSPS) is 11.9. The van der Waals surface area contributed by atoms with E-state index in [0.29, 0.717) is 5.82 Å². The standard InChI is InChI=1S/C12H18N4/c1-4-12(2,3)14-8-5-6-10-9(7-8)11(13)16-15-10/h5-7,14H,4H2,1-3H3,(H3,13,15,16). The van der Waals surface area contributed by atoms with Gasteiger partial charge in [-0.15, -0.1) is 0 Å². The molecule has 2 aromatic rings. The Bertz CT molecular complexity index is 499. The summed E-state index contributed by atoms with van der Waals surface area (Å²) in [4.78, 5) is 0. The molecule has 0 aliphatic rings. The molecule has 1 aromatic heterocycles. The molecule has 1 aromatic carbocycles. The molecule has 0 saturated heterocycles. The molecule has 4 heteroatoms. The van der Waals surface area contributed by atoms with Gasteiger partial charge in [-0.25, -0.2) is 0 Å². The van der Waals surface area contributed by atoms with E-state index in [1.165, 1.54) is 0 Å². The summed E-state index contributed by atoms with van der Waals surface area (Å²) in [5.74, 6) is 0.549. The number of H-pyrrole nitrogens is 1. The van der Waals surface area contributed by atoms with Crippen LogP contribution in [0.4, 0.5) is 11.5 Å². The summed E-state index contributed by atoms with van der Waals surface area (Å²) < 4.78 is 0. The maximum Gasteiger partial charge on any atom is 0.153 e. The summed E-state index contributed by atoms with van der Waals surface area (Å²) >= 11 is 0. The molecule has 0 fully saturated rings. The first-order valence-electron chi connectivity index (χ1n) is 5.53. The number of nitrogens with two attached hydrogens (primary N) is 1. The molecule has 0 spiro atoms. The second kappa shape index (κ2) is 3.70. The van der Waals surface area contributed by atoms with E-state index >= 15 is 0 Å². The van der Waals surface area contributed by atoms with Crippen LogP contribution < -0.4 is 11.1 Å². The number of hydrogen-bond acceptors (Lipinski definition) is 3. The maximum atomic E-state index is 5.77. The Balaban J connectivity index is 2.35. The molecule has 0 aliphatic carbocycles. The summed E-state index contributed by atoms with van der Waals surface area (Å²) in [6.07, 6.45) is 1.06. The van der Waals surface area contributed by atoms with Gasteiger partial charge in [0.1, 0.15) is 0 Å². The van der Waals surface area contributed by atoms with E-state index in [0.717, 1.165) is 23.0 Å². The Morgan fingerprint density at radius 2 is 2.19 bits per heavy atom. The molecule has 4 N–H and O–H groups in total. The summed E-state index contributed by atoms with van der Waals surface area (Å²) in [7, 11) is 0. The number of anilines is 2. The molecule has 0 saturated carbocycles. The number of nitrogen functional groups attached to an aromatic ring is 1. The topological polar surface area (TPSA) is 66.7 Å². The Labute approximate surface area is 95.2 Å². The Morgan fingerprint density at radius 1 is 1.44 bits per heavy atom. The van der Waals surface area contributed by atoms with Gasteiger partial charge in [-0.2, -0.15) is 5.10 Å². The SMILES string of the molecule is CCC(C)(C)Nc1ccc2[nH]nc(N)c2c1. The molecule has 0 radical (unpaired) electrons. The van der Waals surface area contributed by atoms with Gasteiger partial charge >= 0.3 is 0 Å². The first-order chi connectivity index (χ1) is 7.52. The highest BCUT2D eigenvalue weighted by Gasteiger charge is 2.14. The third-order valence-corrected chi connectivity index (χ3v) is 2.96. The fourth-order valence-corrected chi connectivity index (χ4v) is 1.59. The lowest BCUT2D eigenvalue weighted by atomic mass is 10.0. The zero-order chi connectivity index (χ0) is 11.8. The molecular formula is C12H18N4. The first-order valence-corrected chi connectivity index (χ1v) is 5.53. The van der Waals surface area contributed by atoms with E-state index in [-0.39, 0.29) is 5.54 Å². The number of aromatic amines is 1. The van der Waals surface area contributed by atoms with Crippen LogP contribution in [-0.4, -0.2) is 15.7 Å². The predicted molar refractivity (Wildman–Crippen MR) is 68.5 cm³/mol. The molecule has 2 rings (SSSR count). The summed E-state index contributed by atoms with van der Waals surface area (Å²) in [6, 6.07) is 6.07. The number of benzene rings is 1. The van der Waals surface area contributed by atoms with Crippen molar-refractivity contribution in [2.45, 2.75) is 32.7 Å².